The van der Waals surface area contributed by atoms with Gasteiger partial charge in [-0.2, -0.15) is 5.10 Å². The van der Waals surface area contributed by atoms with E-state index < -0.39 is 0 Å². The molecule has 4 nitrogen and oxygen atoms in total. The molecule has 1 heterocycles. The molecule has 2 fully saturated rings. The molecule has 126 valence electrons. The smallest absolute Gasteiger partial charge is 0.251 e. The van der Waals surface area contributed by atoms with Gasteiger partial charge in [-0.15, -0.1) is 0 Å². The van der Waals surface area contributed by atoms with E-state index in [0.29, 0.717) is 5.92 Å². The SMILES string of the molecule is CC(NC(=O)c1ccc(Cn2cccn2)cc1)C1CC2CCC1C2. The molecule has 0 aliphatic heterocycles. The van der Waals surface area contributed by atoms with Crippen molar-refractivity contribution in [2.45, 2.75) is 45.2 Å². The van der Waals surface area contributed by atoms with E-state index >= 15 is 0 Å². The van der Waals surface area contributed by atoms with Gasteiger partial charge in [0.05, 0.1) is 6.54 Å². The second-order valence-corrected chi connectivity index (χ2v) is 7.50. The Balaban J connectivity index is 1.35. The van der Waals surface area contributed by atoms with Crippen molar-refractivity contribution >= 4 is 5.91 Å². The van der Waals surface area contributed by atoms with Crippen molar-refractivity contribution in [1.29, 1.82) is 0 Å². The average molecular weight is 323 g/mol. The average Bonchev–Trinajstić information content (AvgIpc) is 3.33. The zero-order valence-corrected chi connectivity index (χ0v) is 14.2. The largest absolute Gasteiger partial charge is 0.349 e. The van der Waals surface area contributed by atoms with Crippen LogP contribution in [0.4, 0.5) is 0 Å². The molecule has 4 rings (SSSR count). The molecule has 1 aromatic carbocycles. The zero-order valence-electron chi connectivity index (χ0n) is 14.2. The van der Waals surface area contributed by atoms with Crippen LogP contribution in [0, 0.1) is 17.8 Å². The summed E-state index contributed by atoms with van der Waals surface area (Å²) in [6.45, 7) is 2.91. The Morgan fingerprint density at radius 3 is 2.75 bits per heavy atom. The fraction of sp³-hybridized carbons (Fsp3) is 0.500. The molecule has 4 atom stereocenters. The van der Waals surface area contributed by atoms with Gasteiger partial charge in [0.15, 0.2) is 0 Å². The normalized spacial score (nSPS) is 26.5. The summed E-state index contributed by atoms with van der Waals surface area (Å²) < 4.78 is 1.88. The van der Waals surface area contributed by atoms with E-state index in [-0.39, 0.29) is 11.9 Å². The number of rotatable bonds is 5. The van der Waals surface area contributed by atoms with E-state index in [9.17, 15) is 4.79 Å². The lowest BCUT2D eigenvalue weighted by atomic mass is 9.84. The summed E-state index contributed by atoms with van der Waals surface area (Å²) in [5.41, 5.74) is 1.89. The molecule has 1 amide bonds. The van der Waals surface area contributed by atoms with Crippen LogP contribution in [0.5, 0.6) is 0 Å². The Morgan fingerprint density at radius 2 is 2.12 bits per heavy atom. The lowest BCUT2D eigenvalue weighted by Gasteiger charge is -2.28. The number of benzene rings is 1. The van der Waals surface area contributed by atoms with Crippen molar-refractivity contribution in [3.05, 3.63) is 53.9 Å². The molecule has 2 saturated carbocycles. The first-order chi connectivity index (χ1) is 11.7. The lowest BCUT2D eigenvalue weighted by Crippen LogP contribution is -2.40. The van der Waals surface area contributed by atoms with Gasteiger partial charge in [0.25, 0.3) is 5.91 Å². The number of aromatic nitrogens is 2. The van der Waals surface area contributed by atoms with Crippen LogP contribution in [-0.2, 0) is 6.54 Å². The second kappa shape index (κ2) is 6.42. The summed E-state index contributed by atoms with van der Waals surface area (Å²) in [7, 11) is 0. The van der Waals surface area contributed by atoms with Gasteiger partial charge in [-0.05, 0) is 67.7 Å². The predicted octanol–water partition coefficient (Wildman–Crippen LogP) is 3.49. The molecule has 2 aliphatic carbocycles. The van der Waals surface area contributed by atoms with Gasteiger partial charge >= 0.3 is 0 Å². The molecule has 1 aromatic heterocycles. The van der Waals surface area contributed by atoms with Crippen LogP contribution in [0.15, 0.2) is 42.7 Å². The summed E-state index contributed by atoms with van der Waals surface area (Å²) in [6.07, 6.45) is 9.16. The number of nitrogens with zero attached hydrogens (tertiary/aromatic N) is 2. The highest BCUT2D eigenvalue weighted by molar-refractivity contribution is 5.94. The maximum atomic E-state index is 12.5. The second-order valence-electron chi connectivity index (χ2n) is 7.50. The number of carbonyl (C=O) groups excluding carboxylic acids is 1. The lowest BCUT2D eigenvalue weighted by molar-refractivity contribution is 0.0915. The van der Waals surface area contributed by atoms with Crippen LogP contribution in [0.3, 0.4) is 0 Å². The van der Waals surface area contributed by atoms with Crippen molar-refractivity contribution in [2.24, 2.45) is 17.8 Å². The number of amides is 1. The minimum Gasteiger partial charge on any atom is -0.349 e. The van der Waals surface area contributed by atoms with E-state index in [1.807, 2.05) is 41.2 Å². The van der Waals surface area contributed by atoms with E-state index in [2.05, 4.69) is 17.3 Å². The molecular weight excluding hydrogens is 298 g/mol. The first kappa shape index (κ1) is 15.4. The van der Waals surface area contributed by atoms with Gasteiger partial charge < -0.3 is 5.32 Å². The molecule has 0 spiro atoms. The Labute approximate surface area is 143 Å². The molecule has 0 radical (unpaired) electrons. The molecule has 2 bridgehead atoms. The summed E-state index contributed by atoms with van der Waals surface area (Å²) in [6, 6.07) is 10.1. The quantitative estimate of drug-likeness (QED) is 0.915. The Bertz CT molecular complexity index is 692. The topological polar surface area (TPSA) is 46.9 Å². The molecule has 2 aromatic rings. The van der Waals surface area contributed by atoms with Gasteiger partial charge in [0.1, 0.15) is 0 Å². The van der Waals surface area contributed by atoms with E-state index in [4.69, 9.17) is 0 Å². The first-order valence-corrected chi connectivity index (χ1v) is 9.06. The monoisotopic (exact) mass is 323 g/mol. The molecular formula is C20H25N3O. The standard InChI is InChI=1S/C20H25N3O/c1-14(19-12-16-5-8-18(19)11-16)22-20(24)17-6-3-15(4-7-17)13-23-10-2-9-21-23/h2-4,6-7,9-10,14,16,18-19H,5,8,11-13H2,1H3,(H,22,24). The summed E-state index contributed by atoms with van der Waals surface area (Å²) >= 11 is 0. The van der Waals surface area contributed by atoms with Crippen molar-refractivity contribution in [3.63, 3.8) is 0 Å². The predicted molar refractivity (Wildman–Crippen MR) is 93.6 cm³/mol. The number of carbonyl (C=O) groups is 1. The van der Waals surface area contributed by atoms with Gasteiger partial charge in [-0.3, -0.25) is 9.48 Å². The summed E-state index contributed by atoms with van der Waals surface area (Å²) in [4.78, 5) is 12.5. The fourth-order valence-electron chi connectivity index (χ4n) is 4.65. The first-order valence-electron chi connectivity index (χ1n) is 9.06. The molecule has 1 N–H and O–H groups in total. The van der Waals surface area contributed by atoms with E-state index in [0.717, 1.165) is 29.5 Å². The van der Waals surface area contributed by atoms with Crippen molar-refractivity contribution in [1.82, 2.24) is 15.1 Å². The van der Waals surface area contributed by atoms with E-state index in [1.165, 1.54) is 25.7 Å². The fourth-order valence-corrected chi connectivity index (χ4v) is 4.65. The number of hydrogen-bond acceptors (Lipinski definition) is 2. The van der Waals surface area contributed by atoms with Crippen molar-refractivity contribution in [2.75, 3.05) is 0 Å². The highest BCUT2D eigenvalue weighted by Crippen LogP contribution is 2.49. The third-order valence-electron chi connectivity index (χ3n) is 5.91. The Morgan fingerprint density at radius 1 is 1.29 bits per heavy atom. The molecule has 2 aliphatic rings. The number of fused-ring (bicyclic) bond motifs is 2. The maximum Gasteiger partial charge on any atom is 0.251 e. The minimum atomic E-state index is 0.0518. The van der Waals surface area contributed by atoms with Crippen LogP contribution in [-0.4, -0.2) is 21.7 Å². The van der Waals surface area contributed by atoms with E-state index in [1.54, 1.807) is 6.20 Å². The van der Waals surface area contributed by atoms with Gasteiger partial charge in [-0.25, -0.2) is 0 Å². The van der Waals surface area contributed by atoms with Crippen LogP contribution < -0.4 is 5.32 Å². The summed E-state index contributed by atoms with van der Waals surface area (Å²) in [5.74, 6) is 2.48. The number of hydrogen-bond donors (Lipinski definition) is 1. The minimum absolute atomic E-state index is 0.0518. The third kappa shape index (κ3) is 3.10. The van der Waals surface area contributed by atoms with Gasteiger partial charge in [0.2, 0.25) is 0 Å². The van der Waals surface area contributed by atoms with Gasteiger partial charge in [0, 0.05) is 24.0 Å². The van der Waals surface area contributed by atoms with Crippen LogP contribution in [0.2, 0.25) is 0 Å². The zero-order chi connectivity index (χ0) is 16.5. The third-order valence-corrected chi connectivity index (χ3v) is 5.91. The van der Waals surface area contributed by atoms with Crippen LogP contribution >= 0.6 is 0 Å². The van der Waals surface area contributed by atoms with Crippen molar-refractivity contribution < 1.29 is 4.79 Å². The van der Waals surface area contributed by atoms with Crippen LogP contribution in [0.1, 0.15) is 48.5 Å². The Kier molecular flexibility index (Phi) is 4.13. The number of nitrogens with one attached hydrogen (secondary N) is 1. The highest BCUT2D eigenvalue weighted by atomic mass is 16.1. The summed E-state index contributed by atoms with van der Waals surface area (Å²) in [5, 5.41) is 7.44. The molecule has 4 unspecified atom stereocenters. The molecule has 4 heteroatoms. The highest BCUT2D eigenvalue weighted by Gasteiger charge is 2.42. The van der Waals surface area contributed by atoms with Crippen molar-refractivity contribution in [3.8, 4) is 0 Å². The van der Waals surface area contributed by atoms with Gasteiger partial charge in [-0.1, -0.05) is 18.6 Å². The Hall–Kier alpha value is -2.10. The van der Waals surface area contributed by atoms with Crippen LogP contribution in [0.25, 0.3) is 0 Å². The molecule has 24 heavy (non-hydrogen) atoms. The molecule has 0 saturated heterocycles. The maximum absolute atomic E-state index is 12.5.